The molecule has 0 saturated carbocycles. The molecule has 7 heteroatoms. The smallest absolute Gasteiger partial charge is 0.341 e. The molecular formula is C22H21FN2O2S2. The Morgan fingerprint density at radius 1 is 1.14 bits per heavy atom. The van der Waals surface area contributed by atoms with Gasteiger partial charge < -0.3 is 15.4 Å². The SMILES string of the molecule is CCOC(=O)c1c(NC(=S)NCc2ccccc2F)sc(C)c1-c1ccccc1. The number of ether oxygens (including phenoxy) is 1. The molecule has 0 spiro atoms. The third kappa shape index (κ3) is 4.99. The highest BCUT2D eigenvalue weighted by atomic mass is 32.1. The molecule has 1 aromatic heterocycles. The van der Waals surface area contributed by atoms with Gasteiger partial charge in [0.05, 0.1) is 6.61 Å². The lowest BCUT2D eigenvalue weighted by Gasteiger charge is -2.12. The molecule has 0 aliphatic carbocycles. The fourth-order valence-electron chi connectivity index (χ4n) is 2.95. The van der Waals surface area contributed by atoms with Crippen LogP contribution in [-0.2, 0) is 11.3 Å². The Hall–Kier alpha value is -2.77. The topological polar surface area (TPSA) is 50.4 Å². The van der Waals surface area contributed by atoms with Crippen LogP contribution in [0.25, 0.3) is 11.1 Å². The second kappa shape index (κ2) is 9.62. The van der Waals surface area contributed by atoms with Crippen molar-refractivity contribution in [2.45, 2.75) is 20.4 Å². The molecule has 0 amide bonds. The van der Waals surface area contributed by atoms with Gasteiger partial charge in [-0.1, -0.05) is 48.5 Å². The zero-order chi connectivity index (χ0) is 20.8. The minimum Gasteiger partial charge on any atom is -0.462 e. The molecule has 1 heterocycles. The van der Waals surface area contributed by atoms with Crippen molar-refractivity contribution in [2.75, 3.05) is 11.9 Å². The number of anilines is 1. The van der Waals surface area contributed by atoms with Gasteiger partial charge in [0.1, 0.15) is 16.4 Å². The maximum absolute atomic E-state index is 13.8. The Morgan fingerprint density at radius 2 is 1.83 bits per heavy atom. The average Bonchev–Trinajstić information content (AvgIpc) is 3.04. The van der Waals surface area contributed by atoms with Gasteiger partial charge in [0, 0.05) is 22.5 Å². The minimum absolute atomic E-state index is 0.239. The number of aryl methyl sites for hydroxylation is 1. The minimum atomic E-state index is -0.407. The molecule has 0 radical (unpaired) electrons. The van der Waals surface area contributed by atoms with Crippen molar-refractivity contribution < 1.29 is 13.9 Å². The summed E-state index contributed by atoms with van der Waals surface area (Å²) in [5.41, 5.74) is 2.72. The molecule has 0 aliphatic heterocycles. The first-order chi connectivity index (χ1) is 14.0. The maximum atomic E-state index is 13.8. The van der Waals surface area contributed by atoms with E-state index in [9.17, 15) is 9.18 Å². The molecule has 0 atom stereocenters. The Bertz CT molecular complexity index is 1020. The number of benzene rings is 2. The molecule has 0 saturated heterocycles. The number of thiocarbonyl (C=S) groups is 1. The molecule has 3 aromatic rings. The fourth-order valence-corrected chi connectivity index (χ4v) is 4.26. The second-order valence-electron chi connectivity index (χ2n) is 6.22. The lowest BCUT2D eigenvalue weighted by atomic mass is 10.0. The third-order valence-corrected chi connectivity index (χ3v) is 5.52. The summed E-state index contributed by atoms with van der Waals surface area (Å²) < 4.78 is 19.1. The van der Waals surface area contributed by atoms with Crippen LogP contribution in [0.2, 0.25) is 0 Å². The van der Waals surface area contributed by atoms with Gasteiger partial charge in [-0.25, -0.2) is 9.18 Å². The third-order valence-electron chi connectivity index (χ3n) is 4.25. The predicted octanol–water partition coefficient (Wildman–Crippen LogP) is 5.53. The molecule has 2 aromatic carbocycles. The normalized spacial score (nSPS) is 10.4. The molecule has 0 unspecified atom stereocenters. The van der Waals surface area contributed by atoms with Gasteiger partial charge in [-0.05, 0) is 37.7 Å². The van der Waals surface area contributed by atoms with E-state index in [0.717, 1.165) is 16.0 Å². The highest BCUT2D eigenvalue weighted by Gasteiger charge is 2.24. The van der Waals surface area contributed by atoms with Crippen LogP contribution in [0.1, 0.15) is 27.7 Å². The monoisotopic (exact) mass is 428 g/mol. The maximum Gasteiger partial charge on any atom is 0.341 e. The van der Waals surface area contributed by atoms with Crippen molar-refractivity contribution in [1.82, 2.24) is 5.32 Å². The van der Waals surface area contributed by atoms with Crippen LogP contribution in [0, 0.1) is 12.7 Å². The molecular weight excluding hydrogens is 407 g/mol. The summed E-state index contributed by atoms with van der Waals surface area (Å²) in [4.78, 5) is 13.7. The first-order valence-electron chi connectivity index (χ1n) is 9.15. The van der Waals surface area contributed by atoms with Crippen molar-refractivity contribution in [3.8, 4) is 11.1 Å². The summed E-state index contributed by atoms with van der Waals surface area (Å²) in [7, 11) is 0. The Morgan fingerprint density at radius 3 is 2.52 bits per heavy atom. The van der Waals surface area contributed by atoms with E-state index in [-0.39, 0.29) is 19.0 Å². The average molecular weight is 429 g/mol. The largest absolute Gasteiger partial charge is 0.462 e. The molecule has 150 valence electrons. The van der Waals surface area contributed by atoms with Crippen LogP contribution < -0.4 is 10.6 Å². The Labute approximate surface area is 178 Å². The Kier molecular flexibility index (Phi) is 6.95. The summed E-state index contributed by atoms with van der Waals surface area (Å²) in [6, 6.07) is 16.2. The summed E-state index contributed by atoms with van der Waals surface area (Å²) in [6.45, 7) is 4.24. The zero-order valence-corrected chi connectivity index (χ0v) is 17.8. The first-order valence-corrected chi connectivity index (χ1v) is 10.4. The number of rotatable bonds is 6. The quantitative estimate of drug-likeness (QED) is 0.400. The van der Waals surface area contributed by atoms with Gasteiger partial charge in [-0.15, -0.1) is 11.3 Å². The van der Waals surface area contributed by atoms with Gasteiger partial charge in [-0.2, -0.15) is 0 Å². The van der Waals surface area contributed by atoms with Crippen LogP contribution in [0.5, 0.6) is 0 Å². The predicted molar refractivity (Wildman–Crippen MR) is 120 cm³/mol. The van der Waals surface area contributed by atoms with Crippen molar-refractivity contribution >= 4 is 39.6 Å². The van der Waals surface area contributed by atoms with Gasteiger partial charge in [0.25, 0.3) is 0 Å². The summed E-state index contributed by atoms with van der Waals surface area (Å²) >= 11 is 6.80. The summed E-state index contributed by atoms with van der Waals surface area (Å²) in [5, 5.41) is 6.98. The molecule has 0 aliphatic rings. The summed E-state index contributed by atoms with van der Waals surface area (Å²) in [5.74, 6) is -0.705. The van der Waals surface area contributed by atoms with E-state index >= 15 is 0 Å². The van der Waals surface area contributed by atoms with Crippen LogP contribution in [0.4, 0.5) is 9.39 Å². The van der Waals surface area contributed by atoms with E-state index in [1.165, 1.54) is 17.4 Å². The van der Waals surface area contributed by atoms with Gasteiger partial charge in [0.15, 0.2) is 5.11 Å². The highest BCUT2D eigenvalue weighted by Crippen LogP contribution is 2.40. The van der Waals surface area contributed by atoms with Crippen molar-refractivity contribution in [2.24, 2.45) is 0 Å². The number of nitrogens with one attached hydrogen (secondary N) is 2. The first kappa shape index (κ1) is 21.0. The van der Waals surface area contributed by atoms with Crippen molar-refractivity contribution in [1.29, 1.82) is 0 Å². The van der Waals surface area contributed by atoms with Crippen LogP contribution in [0.15, 0.2) is 54.6 Å². The van der Waals surface area contributed by atoms with E-state index in [1.807, 2.05) is 37.3 Å². The van der Waals surface area contributed by atoms with E-state index in [0.29, 0.717) is 21.2 Å². The van der Waals surface area contributed by atoms with Crippen molar-refractivity contribution in [3.05, 3.63) is 76.4 Å². The van der Waals surface area contributed by atoms with E-state index < -0.39 is 5.97 Å². The molecule has 2 N–H and O–H groups in total. The standard InChI is InChI=1S/C22H21FN2O2S2/c1-3-27-21(26)19-18(15-9-5-4-6-10-15)14(2)29-20(19)25-22(28)24-13-16-11-7-8-12-17(16)23/h4-12H,3,13H2,1-2H3,(H2,24,25,28). The number of carbonyl (C=O) groups excluding carboxylic acids is 1. The van der Waals surface area contributed by atoms with E-state index in [2.05, 4.69) is 10.6 Å². The molecule has 4 nitrogen and oxygen atoms in total. The number of esters is 1. The number of hydrogen-bond acceptors (Lipinski definition) is 4. The second-order valence-corrected chi connectivity index (χ2v) is 7.86. The molecule has 29 heavy (non-hydrogen) atoms. The van der Waals surface area contributed by atoms with Crippen LogP contribution >= 0.6 is 23.6 Å². The van der Waals surface area contributed by atoms with E-state index in [4.69, 9.17) is 17.0 Å². The number of thiophene rings is 1. The zero-order valence-electron chi connectivity index (χ0n) is 16.1. The van der Waals surface area contributed by atoms with Gasteiger partial charge >= 0.3 is 5.97 Å². The lowest BCUT2D eigenvalue weighted by Crippen LogP contribution is -2.28. The van der Waals surface area contributed by atoms with Gasteiger partial charge in [-0.3, -0.25) is 0 Å². The van der Waals surface area contributed by atoms with Crippen molar-refractivity contribution in [3.63, 3.8) is 0 Å². The molecule has 0 fully saturated rings. The van der Waals surface area contributed by atoms with Crippen LogP contribution in [0.3, 0.4) is 0 Å². The number of hydrogen-bond donors (Lipinski definition) is 2. The number of halogens is 1. The molecule has 3 rings (SSSR count). The number of carbonyl (C=O) groups is 1. The fraction of sp³-hybridized carbons (Fsp3) is 0.182. The molecule has 0 bridgehead atoms. The van der Waals surface area contributed by atoms with Gasteiger partial charge in [0.2, 0.25) is 0 Å². The summed E-state index contributed by atoms with van der Waals surface area (Å²) in [6.07, 6.45) is 0. The van der Waals surface area contributed by atoms with Crippen LogP contribution in [-0.4, -0.2) is 17.7 Å². The highest BCUT2D eigenvalue weighted by molar-refractivity contribution is 7.80. The Balaban J connectivity index is 1.85. The van der Waals surface area contributed by atoms with E-state index in [1.54, 1.807) is 25.1 Å². The lowest BCUT2D eigenvalue weighted by molar-refractivity contribution is 0.0529.